The molecular weight excluding hydrogens is 504 g/mol. The van der Waals surface area contributed by atoms with Gasteiger partial charge in [-0.3, -0.25) is 0 Å². The maximum absolute atomic E-state index is 12.6. The van der Waals surface area contributed by atoms with Gasteiger partial charge >= 0.3 is 17.9 Å². The standard InChI is InChI=1S/C26H26O12/c1-36-25(34)26(35)11-10-18(29)23(37-21(32)8-4-14-2-6-16(27)19(30)12-14)24(26)38-22(33)9-5-15-3-7-17(28)20(31)13-15/h2-9,12-13,18,23-24,27-31,35H,10-11H2,1H3. The van der Waals surface area contributed by atoms with Crippen LogP contribution in [0.2, 0.25) is 0 Å². The lowest BCUT2D eigenvalue weighted by Gasteiger charge is -2.42. The molecule has 38 heavy (non-hydrogen) atoms. The Kier molecular flexibility index (Phi) is 8.61. The van der Waals surface area contributed by atoms with E-state index in [2.05, 4.69) is 4.74 Å². The number of carbonyl (C=O) groups excluding carboxylic acids is 3. The molecule has 1 aliphatic carbocycles. The summed E-state index contributed by atoms with van der Waals surface area (Å²) in [5, 5.41) is 59.5. The molecule has 1 saturated carbocycles. The number of aromatic hydroxyl groups is 4. The molecule has 0 saturated heterocycles. The second-order valence-electron chi connectivity index (χ2n) is 8.44. The minimum absolute atomic E-state index is 0.199. The molecule has 1 fully saturated rings. The van der Waals surface area contributed by atoms with E-state index in [9.17, 15) is 45.0 Å². The minimum Gasteiger partial charge on any atom is -0.504 e. The van der Waals surface area contributed by atoms with Gasteiger partial charge in [0.2, 0.25) is 5.60 Å². The van der Waals surface area contributed by atoms with Crippen molar-refractivity contribution in [1.82, 2.24) is 0 Å². The van der Waals surface area contributed by atoms with Crippen LogP contribution in [0.4, 0.5) is 0 Å². The molecule has 0 heterocycles. The Morgan fingerprint density at radius 2 is 1.34 bits per heavy atom. The molecule has 3 rings (SSSR count). The predicted octanol–water partition coefficient (Wildman–Crippen LogP) is 1.12. The zero-order valence-corrected chi connectivity index (χ0v) is 20.1. The second kappa shape index (κ2) is 11.7. The average Bonchev–Trinajstić information content (AvgIpc) is 2.89. The zero-order chi connectivity index (χ0) is 28.0. The monoisotopic (exact) mass is 530 g/mol. The van der Waals surface area contributed by atoms with Crippen molar-refractivity contribution in [3.05, 3.63) is 59.7 Å². The molecule has 2 aromatic carbocycles. The average molecular weight is 530 g/mol. The van der Waals surface area contributed by atoms with Crippen LogP contribution in [0.1, 0.15) is 24.0 Å². The lowest BCUT2D eigenvalue weighted by Crippen LogP contribution is -2.64. The van der Waals surface area contributed by atoms with Gasteiger partial charge in [-0.2, -0.15) is 0 Å². The Morgan fingerprint density at radius 1 is 0.842 bits per heavy atom. The first kappa shape index (κ1) is 28.0. The number of hydrogen-bond donors (Lipinski definition) is 6. The van der Waals surface area contributed by atoms with Crippen LogP contribution in [0.25, 0.3) is 12.2 Å². The van der Waals surface area contributed by atoms with Crippen LogP contribution in [0.15, 0.2) is 48.6 Å². The van der Waals surface area contributed by atoms with Crippen molar-refractivity contribution in [2.75, 3.05) is 7.11 Å². The number of benzene rings is 2. The molecule has 202 valence electrons. The number of phenols is 4. The van der Waals surface area contributed by atoms with Gasteiger partial charge in [0.05, 0.1) is 13.2 Å². The molecule has 0 spiro atoms. The molecule has 0 aromatic heterocycles. The van der Waals surface area contributed by atoms with Crippen LogP contribution in [-0.4, -0.2) is 79.6 Å². The van der Waals surface area contributed by atoms with E-state index < -0.39 is 53.3 Å². The van der Waals surface area contributed by atoms with E-state index in [-0.39, 0.29) is 24.3 Å². The third kappa shape index (κ3) is 6.41. The van der Waals surface area contributed by atoms with Gasteiger partial charge in [0.15, 0.2) is 35.2 Å². The summed E-state index contributed by atoms with van der Waals surface area (Å²) in [6.07, 6.45) is -1.24. The number of phenolic OH excluding ortho intramolecular Hbond substituents is 4. The summed E-state index contributed by atoms with van der Waals surface area (Å²) in [6.45, 7) is 0. The highest BCUT2D eigenvalue weighted by atomic mass is 16.6. The zero-order valence-electron chi connectivity index (χ0n) is 20.1. The van der Waals surface area contributed by atoms with Gasteiger partial charge in [-0.25, -0.2) is 14.4 Å². The highest BCUT2D eigenvalue weighted by Gasteiger charge is 2.57. The molecule has 0 amide bonds. The molecule has 4 unspecified atom stereocenters. The van der Waals surface area contributed by atoms with Gasteiger partial charge in [-0.05, 0) is 60.4 Å². The quantitative estimate of drug-likeness (QED) is 0.129. The van der Waals surface area contributed by atoms with Crippen LogP contribution in [-0.2, 0) is 28.6 Å². The van der Waals surface area contributed by atoms with E-state index in [1.807, 2.05) is 0 Å². The van der Waals surface area contributed by atoms with Crippen molar-refractivity contribution in [1.29, 1.82) is 0 Å². The number of methoxy groups -OCH3 is 1. The van der Waals surface area contributed by atoms with Gasteiger partial charge in [0, 0.05) is 12.2 Å². The molecule has 0 radical (unpaired) electrons. The topological polar surface area (TPSA) is 200 Å². The van der Waals surface area contributed by atoms with Crippen molar-refractivity contribution in [3.63, 3.8) is 0 Å². The number of carbonyl (C=O) groups is 3. The molecule has 2 aromatic rings. The van der Waals surface area contributed by atoms with Crippen molar-refractivity contribution in [3.8, 4) is 23.0 Å². The van der Waals surface area contributed by atoms with Crippen molar-refractivity contribution < 1.29 is 59.2 Å². The molecule has 4 atom stereocenters. The van der Waals surface area contributed by atoms with E-state index >= 15 is 0 Å². The van der Waals surface area contributed by atoms with Crippen molar-refractivity contribution >= 4 is 30.1 Å². The number of rotatable bonds is 7. The maximum Gasteiger partial charge on any atom is 0.341 e. The first-order valence-electron chi connectivity index (χ1n) is 11.2. The first-order chi connectivity index (χ1) is 17.9. The third-order valence-corrected chi connectivity index (χ3v) is 5.83. The SMILES string of the molecule is COC(=O)C1(O)CCC(O)C(OC(=O)C=Cc2ccc(O)c(O)c2)C1OC(=O)C=Cc1ccc(O)c(O)c1. The Balaban J connectivity index is 1.82. The third-order valence-electron chi connectivity index (χ3n) is 5.83. The second-order valence-corrected chi connectivity index (χ2v) is 8.44. The van der Waals surface area contributed by atoms with Crippen LogP contribution < -0.4 is 0 Å². The maximum atomic E-state index is 12.6. The molecular formula is C26H26O12. The smallest absolute Gasteiger partial charge is 0.341 e. The summed E-state index contributed by atoms with van der Waals surface area (Å²) in [5.74, 6) is -4.89. The van der Waals surface area contributed by atoms with Gasteiger partial charge < -0.3 is 44.8 Å². The van der Waals surface area contributed by atoms with Gasteiger partial charge in [-0.15, -0.1) is 0 Å². The van der Waals surface area contributed by atoms with E-state index in [1.54, 1.807) is 0 Å². The first-order valence-corrected chi connectivity index (χ1v) is 11.2. The van der Waals surface area contributed by atoms with Crippen LogP contribution in [0.3, 0.4) is 0 Å². The molecule has 1 aliphatic rings. The van der Waals surface area contributed by atoms with Crippen LogP contribution in [0.5, 0.6) is 23.0 Å². The lowest BCUT2D eigenvalue weighted by molar-refractivity contribution is -0.224. The Hall–Kier alpha value is -4.55. The van der Waals surface area contributed by atoms with Crippen molar-refractivity contribution in [2.45, 2.75) is 36.8 Å². The van der Waals surface area contributed by atoms with Crippen molar-refractivity contribution in [2.24, 2.45) is 0 Å². The van der Waals surface area contributed by atoms with Gasteiger partial charge in [0.1, 0.15) is 0 Å². The number of hydrogen-bond acceptors (Lipinski definition) is 12. The Labute approximate surface area is 216 Å². The van der Waals surface area contributed by atoms with Crippen LogP contribution in [0, 0.1) is 0 Å². The predicted molar refractivity (Wildman–Crippen MR) is 130 cm³/mol. The summed E-state index contributed by atoms with van der Waals surface area (Å²) in [7, 11) is 0.998. The Morgan fingerprint density at radius 3 is 1.82 bits per heavy atom. The van der Waals surface area contributed by atoms with Crippen LogP contribution >= 0.6 is 0 Å². The summed E-state index contributed by atoms with van der Waals surface area (Å²) in [5.41, 5.74) is -1.83. The minimum atomic E-state index is -2.45. The highest BCUT2D eigenvalue weighted by Crippen LogP contribution is 2.35. The van der Waals surface area contributed by atoms with E-state index in [0.29, 0.717) is 11.1 Å². The fraction of sp³-hybridized carbons (Fsp3) is 0.269. The van der Waals surface area contributed by atoms with Gasteiger partial charge in [-0.1, -0.05) is 12.1 Å². The number of aliphatic hydroxyl groups is 2. The summed E-state index contributed by atoms with van der Waals surface area (Å²) >= 11 is 0. The molecule has 6 N–H and O–H groups in total. The largest absolute Gasteiger partial charge is 0.504 e. The van der Waals surface area contributed by atoms with E-state index in [0.717, 1.165) is 19.3 Å². The van der Waals surface area contributed by atoms with E-state index in [1.165, 1.54) is 48.6 Å². The molecule has 0 aliphatic heterocycles. The fourth-order valence-corrected chi connectivity index (χ4v) is 3.80. The lowest BCUT2D eigenvalue weighted by atomic mass is 9.78. The number of ether oxygens (including phenoxy) is 3. The molecule has 12 heteroatoms. The Bertz CT molecular complexity index is 1270. The molecule has 12 nitrogen and oxygen atoms in total. The number of aliphatic hydroxyl groups excluding tert-OH is 1. The fourth-order valence-electron chi connectivity index (χ4n) is 3.80. The summed E-state index contributed by atoms with van der Waals surface area (Å²) < 4.78 is 15.2. The summed E-state index contributed by atoms with van der Waals surface area (Å²) in [4.78, 5) is 37.5. The van der Waals surface area contributed by atoms with E-state index in [4.69, 9.17) is 9.47 Å². The van der Waals surface area contributed by atoms with Gasteiger partial charge in [0.25, 0.3) is 0 Å². The molecule has 0 bridgehead atoms. The highest BCUT2D eigenvalue weighted by molar-refractivity contribution is 5.89. The number of esters is 3. The normalized spacial score (nSPS) is 23.3. The summed E-state index contributed by atoms with van der Waals surface area (Å²) in [6, 6.07) is 7.52.